The van der Waals surface area contributed by atoms with Crippen LogP contribution in [-0.4, -0.2) is 34.7 Å². The van der Waals surface area contributed by atoms with Gasteiger partial charge in [-0.1, -0.05) is 29.3 Å². The second-order valence-corrected chi connectivity index (χ2v) is 8.63. The Morgan fingerprint density at radius 1 is 1.23 bits per heavy atom. The topological polar surface area (TPSA) is 108 Å². The molecule has 1 aromatic heterocycles. The molecular formula is C19H16Cl2N4O4S. The summed E-state index contributed by atoms with van der Waals surface area (Å²) in [5.74, 6) is -1.02. The maximum Gasteiger partial charge on any atom is 0.319 e. The first-order valence-corrected chi connectivity index (χ1v) is 10.7. The molecule has 156 valence electrons. The zero-order valence-corrected chi connectivity index (χ0v) is 17.8. The predicted octanol–water partition coefficient (Wildman–Crippen LogP) is 3.14. The van der Waals surface area contributed by atoms with E-state index in [4.69, 9.17) is 23.2 Å². The molecule has 4 rings (SSSR count). The van der Waals surface area contributed by atoms with Gasteiger partial charge in [-0.25, -0.2) is 4.79 Å². The van der Waals surface area contributed by atoms with Crippen molar-refractivity contribution in [3.05, 3.63) is 49.6 Å². The second-order valence-electron chi connectivity index (χ2n) is 6.86. The molecule has 11 heteroatoms. The molecule has 2 aliphatic rings. The van der Waals surface area contributed by atoms with Crippen molar-refractivity contribution in [1.82, 2.24) is 15.5 Å². The molecule has 0 radical (unpaired) electrons. The number of para-hydroxylation sites is 1. The third-order valence-corrected chi connectivity index (χ3v) is 6.66. The Morgan fingerprint density at radius 3 is 2.67 bits per heavy atom. The van der Waals surface area contributed by atoms with Gasteiger partial charge in [0.2, 0.25) is 11.8 Å². The number of anilines is 1. The number of urea groups is 1. The zero-order chi connectivity index (χ0) is 21.4. The van der Waals surface area contributed by atoms with Crippen LogP contribution in [0.1, 0.15) is 33.6 Å². The van der Waals surface area contributed by atoms with Crippen LogP contribution >= 0.6 is 34.5 Å². The molecule has 8 nitrogen and oxygen atoms in total. The van der Waals surface area contributed by atoms with E-state index in [1.807, 2.05) is 0 Å². The summed E-state index contributed by atoms with van der Waals surface area (Å²) in [6.45, 7) is 0.462. The number of benzene rings is 1. The Balaban J connectivity index is 1.41. The fourth-order valence-corrected chi connectivity index (χ4v) is 4.95. The van der Waals surface area contributed by atoms with Crippen molar-refractivity contribution in [2.24, 2.45) is 0 Å². The lowest BCUT2D eigenvalue weighted by Crippen LogP contribution is -2.52. The van der Waals surface area contributed by atoms with Gasteiger partial charge in [0, 0.05) is 23.2 Å². The second kappa shape index (κ2) is 8.25. The Kier molecular flexibility index (Phi) is 5.68. The van der Waals surface area contributed by atoms with Gasteiger partial charge in [0.15, 0.2) is 0 Å². The summed E-state index contributed by atoms with van der Waals surface area (Å²) in [6.07, 6.45) is 0.505. The summed E-state index contributed by atoms with van der Waals surface area (Å²) in [5, 5.41) is 9.99. The van der Waals surface area contributed by atoms with Gasteiger partial charge in [0.05, 0.1) is 27.8 Å². The summed E-state index contributed by atoms with van der Waals surface area (Å²) in [5.41, 5.74) is 1.62. The van der Waals surface area contributed by atoms with E-state index < -0.39 is 18.0 Å². The minimum Gasteiger partial charge on any atom is -0.333 e. The number of halogens is 2. The van der Waals surface area contributed by atoms with Crippen molar-refractivity contribution < 1.29 is 19.2 Å². The highest BCUT2D eigenvalue weighted by molar-refractivity contribution is 7.10. The van der Waals surface area contributed by atoms with Crippen LogP contribution in [0.4, 0.5) is 10.5 Å². The SMILES string of the molecule is O=C1CCC(N2Cc3c(csc3CNC(=O)Nc3c(Cl)cccc3Cl)C2=O)C(=O)N1. The number of hydrogen-bond donors (Lipinski definition) is 3. The molecule has 30 heavy (non-hydrogen) atoms. The molecule has 2 aromatic rings. The number of fused-ring (bicyclic) bond motifs is 1. The first-order valence-electron chi connectivity index (χ1n) is 9.08. The number of carbonyl (C=O) groups is 4. The molecule has 1 unspecified atom stereocenters. The molecule has 1 aromatic carbocycles. The van der Waals surface area contributed by atoms with Gasteiger partial charge in [-0.05, 0) is 24.1 Å². The van der Waals surface area contributed by atoms with Crippen molar-refractivity contribution in [3.63, 3.8) is 0 Å². The van der Waals surface area contributed by atoms with Crippen LogP contribution in [0.25, 0.3) is 0 Å². The Hall–Kier alpha value is -2.62. The summed E-state index contributed by atoms with van der Waals surface area (Å²) in [7, 11) is 0. The zero-order valence-electron chi connectivity index (χ0n) is 15.5. The summed E-state index contributed by atoms with van der Waals surface area (Å²) >= 11 is 13.5. The minimum absolute atomic E-state index is 0.199. The highest BCUT2D eigenvalue weighted by Crippen LogP contribution is 2.34. The largest absolute Gasteiger partial charge is 0.333 e. The van der Waals surface area contributed by atoms with Crippen LogP contribution < -0.4 is 16.0 Å². The van der Waals surface area contributed by atoms with Crippen LogP contribution in [0.3, 0.4) is 0 Å². The maximum atomic E-state index is 12.7. The van der Waals surface area contributed by atoms with Crippen molar-refractivity contribution in [2.75, 3.05) is 5.32 Å². The molecule has 2 aliphatic heterocycles. The average Bonchev–Trinajstić information content (AvgIpc) is 3.24. The minimum atomic E-state index is -0.668. The summed E-state index contributed by atoms with van der Waals surface area (Å²) in [6, 6.07) is 3.75. The van der Waals surface area contributed by atoms with Crippen molar-refractivity contribution in [3.8, 4) is 0 Å². The highest BCUT2D eigenvalue weighted by Gasteiger charge is 2.40. The van der Waals surface area contributed by atoms with Gasteiger partial charge in [-0.2, -0.15) is 0 Å². The van der Waals surface area contributed by atoms with Crippen LogP contribution in [0.15, 0.2) is 23.6 Å². The monoisotopic (exact) mass is 466 g/mol. The van der Waals surface area contributed by atoms with Crippen LogP contribution in [0, 0.1) is 0 Å². The predicted molar refractivity (Wildman–Crippen MR) is 113 cm³/mol. The Labute approximate surface area is 185 Å². The van der Waals surface area contributed by atoms with Gasteiger partial charge in [0.1, 0.15) is 6.04 Å². The fraction of sp³-hybridized carbons (Fsp3) is 0.263. The van der Waals surface area contributed by atoms with Gasteiger partial charge in [0.25, 0.3) is 5.91 Å². The molecule has 0 aliphatic carbocycles. The fourth-order valence-electron chi connectivity index (χ4n) is 3.49. The van der Waals surface area contributed by atoms with Gasteiger partial charge < -0.3 is 15.5 Å². The van der Waals surface area contributed by atoms with Crippen LogP contribution in [0.5, 0.6) is 0 Å². The highest BCUT2D eigenvalue weighted by atomic mass is 35.5. The number of nitrogens with one attached hydrogen (secondary N) is 3. The van der Waals surface area contributed by atoms with Gasteiger partial charge in [-0.15, -0.1) is 11.3 Å². The summed E-state index contributed by atoms with van der Waals surface area (Å²) < 4.78 is 0. The van der Waals surface area contributed by atoms with Crippen LogP contribution in [0.2, 0.25) is 10.0 Å². The average molecular weight is 467 g/mol. The number of rotatable bonds is 4. The standard InChI is InChI=1S/C19H16Cl2N4O4S/c20-11-2-1-3-12(21)16(11)24-19(29)22-6-14-9-7-25(18(28)10(9)8-30-14)13-4-5-15(26)23-17(13)27/h1-3,8,13H,4-7H2,(H2,22,24,29)(H,23,26,27). The van der Waals surface area contributed by atoms with E-state index in [9.17, 15) is 19.2 Å². The molecule has 1 fully saturated rings. The Morgan fingerprint density at radius 2 is 1.97 bits per heavy atom. The molecule has 1 atom stereocenters. The number of imide groups is 1. The van der Waals surface area contributed by atoms with Crippen molar-refractivity contribution in [1.29, 1.82) is 0 Å². The Bertz CT molecular complexity index is 1050. The lowest BCUT2D eigenvalue weighted by molar-refractivity contribution is -0.136. The molecule has 3 N–H and O–H groups in total. The van der Waals surface area contributed by atoms with E-state index in [1.54, 1.807) is 23.6 Å². The third-order valence-electron chi connectivity index (χ3n) is 5.00. The van der Waals surface area contributed by atoms with E-state index in [0.717, 1.165) is 10.4 Å². The third kappa shape index (κ3) is 3.88. The van der Waals surface area contributed by atoms with E-state index in [0.29, 0.717) is 27.7 Å². The molecule has 0 bridgehead atoms. The smallest absolute Gasteiger partial charge is 0.319 e. The molecule has 0 spiro atoms. The maximum absolute atomic E-state index is 12.7. The van der Waals surface area contributed by atoms with Crippen molar-refractivity contribution in [2.45, 2.75) is 32.0 Å². The van der Waals surface area contributed by atoms with E-state index in [2.05, 4.69) is 16.0 Å². The molecule has 1 saturated heterocycles. The summed E-state index contributed by atoms with van der Waals surface area (Å²) in [4.78, 5) is 50.8. The van der Waals surface area contributed by atoms with E-state index in [1.165, 1.54) is 16.2 Å². The first-order chi connectivity index (χ1) is 14.3. The first kappa shape index (κ1) is 20.6. The molecular weight excluding hydrogens is 451 g/mol. The van der Waals surface area contributed by atoms with E-state index in [-0.39, 0.29) is 31.3 Å². The van der Waals surface area contributed by atoms with Crippen LogP contribution in [-0.2, 0) is 22.7 Å². The lowest BCUT2D eigenvalue weighted by atomic mass is 10.0. The number of carbonyl (C=O) groups excluding carboxylic acids is 4. The molecule has 5 amide bonds. The molecule has 3 heterocycles. The number of piperidine rings is 1. The number of amides is 5. The molecule has 0 saturated carbocycles. The van der Waals surface area contributed by atoms with Gasteiger partial charge >= 0.3 is 6.03 Å². The number of nitrogens with zero attached hydrogens (tertiary/aromatic N) is 1. The normalized spacial score (nSPS) is 18.3. The number of thiophene rings is 1. The van der Waals surface area contributed by atoms with E-state index >= 15 is 0 Å². The number of hydrogen-bond acceptors (Lipinski definition) is 5. The lowest BCUT2D eigenvalue weighted by Gasteiger charge is -2.29. The van der Waals surface area contributed by atoms with Crippen molar-refractivity contribution >= 4 is 64.0 Å². The van der Waals surface area contributed by atoms with Gasteiger partial charge in [-0.3, -0.25) is 19.7 Å². The quantitative estimate of drug-likeness (QED) is 0.601.